The summed E-state index contributed by atoms with van der Waals surface area (Å²) in [6.07, 6.45) is -7.03. The zero-order valence-electron chi connectivity index (χ0n) is 14.7. The van der Waals surface area contributed by atoms with E-state index in [2.05, 4.69) is 0 Å². The fraction of sp³-hybridized carbons (Fsp3) is 0.562. The summed E-state index contributed by atoms with van der Waals surface area (Å²) in [7, 11) is -3.12. The molecule has 4 N–H and O–H groups in total. The Balaban J connectivity index is 2.02. The summed E-state index contributed by atoms with van der Waals surface area (Å²) >= 11 is 0. The van der Waals surface area contributed by atoms with Gasteiger partial charge in [0.1, 0.15) is 18.3 Å². The lowest BCUT2D eigenvalue weighted by Crippen LogP contribution is -2.47. The van der Waals surface area contributed by atoms with E-state index in [0.717, 1.165) is 12.7 Å². The van der Waals surface area contributed by atoms with Crippen molar-refractivity contribution in [2.75, 3.05) is 13.7 Å². The van der Waals surface area contributed by atoms with Crippen LogP contribution in [0, 0.1) is 6.92 Å². The van der Waals surface area contributed by atoms with E-state index < -0.39 is 59.3 Å². The Bertz CT molecular complexity index is 762. The molecule has 0 radical (unpaired) electrons. The number of aliphatic hydroxyl groups is 3. The van der Waals surface area contributed by atoms with Crippen LogP contribution >= 0.6 is 0 Å². The van der Waals surface area contributed by atoms with E-state index >= 15 is 0 Å². The minimum Gasteiger partial charge on any atom is -0.477 e. The number of methoxy groups -OCH3 is 1. The van der Waals surface area contributed by atoms with E-state index in [0.29, 0.717) is 0 Å². The Labute approximate surface area is 156 Å². The topological polar surface area (TPSA) is 160 Å². The van der Waals surface area contributed by atoms with Gasteiger partial charge in [-0.25, -0.2) is 4.79 Å². The first kappa shape index (κ1) is 21.7. The SMILES string of the molecule is COC1(C(=O)O)C[C@@H](O)[C@H]([C@H](O)[C@H](O)COS(=O)(=O)c2ccc(C)cc2)O1. The van der Waals surface area contributed by atoms with Crippen LogP contribution in [0.15, 0.2) is 29.2 Å². The van der Waals surface area contributed by atoms with Gasteiger partial charge in [-0.05, 0) is 19.1 Å². The van der Waals surface area contributed by atoms with E-state index in [1.165, 1.54) is 12.1 Å². The van der Waals surface area contributed by atoms with Crippen molar-refractivity contribution in [2.45, 2.75) is 48.4 Å². The Morgan fingerprint density at radius 2 is 1.93 bits per heavy atom. The molecule has 1 fully saturated rings. The molecule has 10 nitrogen and oxygen atoms in total. The van der Waals surface area contributed by atoms with Crippen LogP contribution in [0.1, 0.15) is 12.0 Å². The molecule has 0 aromatic heterocycles. The highest BCUT2D eigenvalue weighted by Crippen LogP contribution is 2.34. The van der Waals surface area contributed by atoms with Gasteiger partial charge >= 0.3 is 5.97 Å². The Hall–Kier alpha value is -1.60. The van der Waals surface area contributed by atoms with Gasteiger partial charge in [-0.2, -0.15) is 8.42 Å². The lowest BCUT2D eigenvalue weighted by molar-refractivity contribution is -0.240. The van der Waals surface area contributed by atoms with Gasteiger partial charge in [0.25, 0.3) is 15.9 Å². The van der Waals surface area contributed by atoms with Crippen molar-refractivity contribution in [1.82, 2.24) is 0 Å². The molecule has 0 amide bonds. The van der Waals surface area contributed by atoms with Gasteiger partial charge in [-0.3, -0.25) is 4.18 Å². The third-order valence-electron chi connectivity index (χ3n) is 4.27. The first-order chi connectivity index (χ1) is 12.5. The summed E-state index contributed by atoms with van der Waals surface area (Å²) in [4.78, 5) is 11.1. The van der Waals surface area contributed by atoms with Crippen molar-refractivity contribution in [1.29, 1.82) is 0 Å². The molecule has 1 saturated heterocycles. The quantitative estimate of drug-likeness (QED) is 0.394. The Kier molecular flexibility index (Phi) is 6.58. The largest absolute Gasteiger partial charge is 0.477 e. The van der Waals surface area contributed by atoms with Gasteiger partial charge in [0.15, 0.2) is 0 Å². The lowest BCUT2D eigenvalue weighted by atomic mass is 10.0. The highest BCUT2D eigenvalue weighted by molar-refractivity contribution is 7.86. The summed E-state index contributed by atoms with van der Waals surface area (Å²) in [5.41, 5.74) is 0.844. The van der Waals surface area contributed by atoms with Crippen LogP contribution in [0.25, 0.3) is 0 Å². The zero-order valence-corrected chi connectivity index (χ0v) is 15.5. The number of rotatable bonds is 8. The normalized spacial score (nSPS) is 28.0. The fourth-order valence-corrected chi connectivity index (χ4v) is 3.57. The molecule has 1 aromatic rings. The smallest absolute Gasteiger partial charge is 0.364 e. The maximum atomic E-state index is 12.1. The highest BCUT2D eigenvalue weighted by Gasteiger charge is 2.55. The molecule has 0 bridgehead atoms. The van der Waals surface area contributed by atoms with Gasteiger partial charge < -0.3 is 29.9 Å². The average molecular weight is 406 g/mol. The standard InChI is InChI=1S/C16H22O10S/c1-9-3-5-10(6-4-9)27(22,23)25-8-12(18)13(19)14-11(17)7-16(24-2,26-14)15(20)21/h3-6,11-14,17-19H,7-8H2,1-2H3,(H,20,21)/t11-,12-,13-,14-,16?/m1/s1. The van der Waals surface area contributed by atoms with Crippen LogP contribution in [-0.4, -0.2) is 78.7 Å². The molecule has 0 aliphatic carbocycles. The third kappa shape index (κ3) is 4.63. The lowest BCUT2D eigenvalue weighted by Gasteiger charge is -2.27. The van der Waals surface area contributed by atoms with Crippen LogP contribution in [-0.2, 0) is 28.6 Å². The Morgan fingerprint density at radius 1 is 1.33 bits per heavy atom. The van der Waals surface area contributed by atoms with E-state index in [1.807, 2.05) is 0 Å². The van der Waals surface area contributed by atoms with Crippen molar-refractivity contribution >= 4 is 16.1 Å². The van der Waals surface area contributed by atoms with Crippen molar-refractivity contribution in [3.8, 4) is 0 Å². The molecular weight excluding hydrogens is 384 g/mol. The van der Waals surface area contributed by atoms with Crippen LogP contribution in [0.2, 0.25) is 0 Å². The first-order valence-corrected chi connectivity index (χ1v) is 9.40. The van der Waals surface area contributed by atoms with E-state index in [-0.39, 0.29) is 4.90 Å². The average Bonchev–Trinajstić information content (AvgIpc) is 2.97. The number of carbonyl (C=O) groups is 1. The maximum Gasteiger partial charge on any atom is 0.364 e. The second kappa shape index (κ2) is 8.19. The first-order valence-electron chi connectivity index (χ1n) is 7.99. The van der Waals surface area contributed by atoms with Crippen molar-refractivity contribution in [2.24, 2.45) is 0 Å². The number of hydrogen-bond donors (Lipinski definition) is 4. The summed E-state index contributed by atoms with van der Waals surface area (Å²) in [5.74, 6) is -3.67. The minimum absolute atomic E-state index is 0.129. The second-order valence-corrected chi connectivity index (χ2v) is 7.84. The van der Waals surface area contributed by atoms with Crippen molar-refractivity contribution in [3.63, 3.8) is 0 Å². The van der Waals surface area contributed by atoms with Crippen molar-refractivity contribution < 1.29 is 47.3 Å². The molecule has 152 valence electrons. The summed E-state index contributed by atoms with van der Waals surface area (Å²) < 4.78 is 38.8. The molecule has 5 atom stereocenters. The number of carboxylic acid groups (broad SMARTS) is 1. The molecule has 1 aliphatic rings. The van der Waals surface area contributed by atoms with Gasteiger partial charge in [-0.1, -0.05) is 17.7 Å². The number of carboxylic acids is 1. The number of ether oxygens (including phenoxy) is 2. The molecule has 1 aromatic carbocycles. The monoisotopic (exact) mass is 406 g/mol. The molecule has 27 heavy (non-hydrogen) atoms. The number of aliphatic hydroxyl groups excluding tert-OH is 3. The number of benzene rings is 1. The Morgan fingerprint density at radius 3 is 2.41 bits per heavy atom. The summed E-state index contributed by atoms with van der Waals surface area (Å²) in [6, 6.07) is 5.80. The van der Waals surface area contributed by atoms with E-state index in [4.69, 9.17) is 18.8 Å². The number of hydrogen-bond acceptors (Lipinski definition) is 9. The molecule has 0 spiro atoms. The number of aliphatic carboxylic acids is 1. The predicted octanol–water partition coefficient (Wildman–Crippen LogP) is -1.00. The molecule has 2 rings (SSSR count). The zero-order chi connectivity index (χ0) is 20.4. The van der Waals surface area contributed by atoms with E-state index in [1.54, 1.807) is 19.1 Å². The van der Waals surface area contributed by atoms with E-state index in [9.17, 15) is 28.5 Å². The number of aryl methyl sites for hydroxylation is 1. The van der Waals surface area contributed by atoms with Crippen LogP contribution < -0.4 is 0 Å². The molecule has 1 unspecified atom stereocenters. The van der Waals surface area contributed by atoms with Crippen LogP contribution in [0.3, 0.4) is 0 Å². The molecule has 1 aliphatic heterocycles. The second-order valence-electron chi connectivity index (χ2n) is 6.23. The third-order valence-corrected chi connectivity index (χ3v) is 5.57. The van der Waals surface area contributed by atoms with Crippen LogP contribution in [0.5, 0.6) is 0 Å². The fourth-order valence-electron chi connectivity index (χ4n) is 2.64. The van der Waals surface area contributed by atoms with Gasteiger partial charge in [-0.15, -0.1) is 0 Å². The highest BCUT2D eigenvalue weighted by atomic mass is 32.2. The van der Waals surface area contributed by atoms with Crippen LogP contribution in [0.4, 0.5) is 0 Å². The molecule has 0 saturated carbocycles. The maximum absolute atomic E-state index is 12.1. The van der Waals surface area contributed by atoms with Gasteiger partial charge in [0.05, 0.1) is 17.6 Å². The van der Waals surface area contributed by atoms with Gasteiger partial charge in [0.2, 0.25) is 0 Å². The predicted molar refractivity (Wildman–Crippen MR) is 89.2 cm³/mol. The molecule has 11 heteroatoms. The van der Waals surface area contributed by atoms with Gasteiger partial charge in [0, 0.05) is 13.5 Å². The van der Waals surface area contributed by atoms with Crippen molar-refractivity contribution in [3.05, 3.63) is 29.8 Å². The summed E-state index contributed by atoms with van der Waals surface area (Å²) in [5, 5.41) is 39.3. The molecule has 1 heterocycles. The minimum atomic E-state index is -4.18. The molecular formula is C16H22O10S. The summed E-state index contributed by atoms with van der Waals surface area (Å²) in [6.45, 7) is 0.957.